The molecule has 460 valence electrons. The summed E-state index contributed by atoms with van der Waals surface area (Å²) in [6, 6.07) is 0. The van der Waals surface area contributed by atoms with Crippen LogP contribution < -0.4 is 5.11 Å². The Hall–Kier alpha value is -4.57. The van der Waals surface area contributed by atoms with E-state index in [1.165, 1.54) is 96.3 Å². The third-order valence-electron chi connectivity index (χ3n) is 13.4. The summed E-state index contributed by atoms with van der Waals surface area (Å²) in [5, 5.41) is 11.8. The lowest BCUT2D eigenvalue weighted by atomic mass is 10.0. The first kappa shape index (κ1) is 76.4. The van der Waals surface area contributed by atoms with Crippen molar-refractivity contribution in [1.29, 1.82) is 0 Å². The zero-order valence-electron chi connectivity index (χ0n) is 52.4. The van der Waals surface area contributed by atoms with Gasteiger partial charge in [-0.05, 0) is 109 Å². The largest absolute Gasteiger partial charge is 0.545 e. The number of carboxylic acid groups (broad SMARTS) is 1. The Morgan fingerprint density at radius 3 is 0.988 bits per heavy atom. The first-order valence-corrected chi connectivity index (χ1v) is 32.3. The molecule has 0 N–H and O–H groups in total. The minimum Gasteiger partial charge on any atom is -0.545 e. The van der Waals surface area contributed by atoms with Gasteiger partial charge >= 0.3 is 11.9 Å². The Kier molecular flexibility index (Phi) is 58.0. The van der Waals surface area contributed by atoms with Crippen LogP contribution in [0.3, 0.4) is 0 Å². The number of rotatable bonds is 58. The highest BCUT2D eigenvalue weighted by atomic mass is 16.7. The number of ether oxygens (including phenoxy) is 4. The first-order valence-electron chi connectivity index (χ1n) is 32.3. The number of nitrogens with zero attached hydrogens (tertiary/aromatic N) is 1. The number of likely N-dealkylation sites (N-methyl/N-ethyl adjacent to an activating group) is 1. The molecule has 0 aliphatic carbocycles. The van der Waals surface area contributed by atoms with Crippen LogP contribution in [-0.2, 0) is 33.3 Å². The number of unbranched alkanes of at least 4 members (excludes halogenated alkanes) is 21. The number of allylic oxidation sites excluding steroid dienone is 22. The molecule has 2 atom stereocenters. The number of carboxylic acids is 1. The summed E-state index contributed by atoms with van der Waals surface area (Å²) in [6.45, 7) is 4.51. The van der Waals surface area contributed by atoms with Gasteiger partial charge in [0.15, 0.2) is 12.4 Å². The normalized spacial score (nSPS) is 13.6. The van der Waals surface area contributed by atoms with Crippen molar-refractivity contribution in [3.63, 3.8) is 0 Å². The molecule has 9 heteroatoms. The van der Waals surface area contributed by atoms with Crippen molar-refractivity contribution in [1.82, 2.24) is 0 Å². The minimum absolute atomic E-state index is 0.139. The fourth-order valence-corrected chi connectivity index (χ4v) is 8.51. The predicted octanol–water partition coefficient (Wildman–Crippen LogP) is 18.5. The van der Waals surface area contributed by atoms with E-state index < -0.39 is 24.3 Å². The van der Waals surface area contributed by atoms with Crippen LogP contribution in [0.25, 0.3) is 0 Å². The van der Waals surface area contributed by atoms with Gasteiger partial charge in [-0.15, -0.1) is 0 Å². The first-order chi connectivity index (χ1) is 39.6. The average molecular weight is 1130 g/mol. The molecule has 0 fully saturated rings. The molecule has 9 nitrogen and oxygen atoms in total. The van der Waals surface area contributed by atoms with E-state index in [0.717, 1.165) is 116 Å². The van der Waals surface area contributed by atoms with E-state index in [-0.39, 0.29) is 38.6 Å². The molecule has 0 aromatic carbocycles. The van der Waals surface area contributed by atoms with E-state index in [1.54, 1.807) is 0 Å². The van der Waals surface area contributed by atoms with E-state index >= 15 is 0 Å². The molecular weight excluding hydrogens is 1010 g/mol. The van der Waals surface area contributed by atoms with Crippen LogP contribution in [0, 0.1) is 0 Å². The fraction of sp³-hybridized carbons (Fsp3) is 0.653. The van der Waals surface area contributed by atoms with Gasteiger partial charge in [0.05, 0.1) is 40.3 Å². The van der Waals surface area contributed by atoms with E-state index in [9.17, 15) is 19.5 Å². The molecule has 0 aliphatic rings. The molecule has 81 heavy (non-hydrogen) atoms. The Balaban J connectivity index is 4.24. The molecule has 0 amide bonds. The molecule has 0 aromatic rings. The number of hydrogen-bond acceptors (Lipinski definition) is 8. The van der Waals surface area contributed by atoms with Crippen molar-refractivity contribution in [2.75, 3.05) is 47.5 Å². The molecule has 0 radical (unpaired) electrons. The summed E-state index contributed by atoms with van der Waals surface area (Å²) in [4.78, 5) is 37.4. The molecule has 0 rings (SSSR count). The lowest BCUT2D eigenvalue weighted by molar-refractivity contribution is -0.870. The molecule has 0 bridgehead atoms. The van der Waals surface area contributed by atoms with Gasteiger partial charge < -0.3 is 33.3 Å². The second-order valence-electron chi connectivity index (χ2n) is 22.3. The molecule has 2 unspecified atom stereocenters. The van der Waals surface area contributed by atoms with Gasteiger partial charge in [0, 0.05) is 12.8 Å². The molecule has 0 saturated carbocycles. The topological polar surface area (TPSA) is 111 Å². The number of esters is 2. The Morgan fingerprint density at radius 1 is 0.370 bits per heavy atom. The summed E-state index contributed by atoms with van der Waals surface area (Å²) < 4.78 is 22.7. The highest BCUT2D eigenvalue weighted by Crippen LogP contribution is 2.16. The van der Waals surface area contributed by atoms with Crippen LogP contribution in [0.2, 0.25) is 0 Å². The van der Waals surface area contributed by atoms with Gasteiger partial charge in [0.1, 0.15) is 13.2 Å². The third-order valence-corrected chi connectivity index (χ3v) is 13.4. The van der Waals surface area contributed by atoms with Crippen molar-refractivity contribution in [2.45, 2.75) is 257 Å². The summed E-state index contributed by atoms with van der Waals surface area (Å²) in [5.74, 6) is -2.31. The SMILES string of the molecule is CC/C=C\C/C=C\C/C=C\C/C=C\C/C=C\C/C=C\C/C=C\CCCCCCCCCC(=O)OC(COC(=O)CCCCCCCCCCCCCCCC/C=C\C/C=C\C/C=C\C/C=C\CC)COC(OCC[N+](C)(C)C)C(=O)[O-]. The maximum absolute atomic E-state index is 12.9. The van der Waals surface area contributed by atoms with Gasteiger partial charge in [-0.3, -0.25) is 9.59 Å². The summed E-state index contributed by atoms with van der Waals surface area (Å²) in [7, 11) is 5.91. The number of carbonyl (C=O) groups excluding carboxylic acids is 3. The summed E-state index contributed by atoms with van der Waals surface area (Å²) in [6.07, 6.45) is 85.1. The number of quaternary nitrogens is 1. The summed E-state index contributed by atoms with van der Waals surface area (Å²) in [5.41, 5.74) is 0. The Morgan fingerprint density at radius 2 is 0.667 bits per heavy atom. The van der Waals surface area contributed by atoms with Crippen molar-refractivity contribution in [3.05, 3.63) is 134 Å². The van der Waals surface area contributed by atoms with Crippen LogP contribution in [0.15, 0.2) is 134 Å². The Labute approximate surface area is 497 Å². The van der Waals surface area contributed by atoms with Gasteiger partial charge in [0.25, 0.3) is 0 Å². The maximum Gasteiger partial charge on any atom is 0.306 e. The van der Waals surface area contributed by atoms with Crippen LogP contribution in [0.5, 0.6) is 0 Å². The van der Waals surface area contributed by atoms with Crippen LogP contribution in [0.4, 0.5) is 0 Å². The van der Waals surface area contributed by atoms with Crippen LogP contribution in [0.1, 0.15) is 245 Å². The molecule has 0 saturated heterocycles. The highest BCUT2D eigenvalue weighted by molar-refractivity contribution is 5.70. The maximum atomic E-state index is 12.9. The quantitative estimate of drug-likeness (QED) is 0.0195. The van der Waals surface area contributed by atoms with Crippen LogP contribution >= 0.6 is 0 Å². The Bertz CT molecular complexity index is 1790. The smallest absolute Gasteiger partial charge is 0.306 e. The molecule has 0 spiro atoms. The van der Waals surface area contributed by atoms with Crippen molar-refractivity contribution in [3.8, 4) is 0 Å². The van der Waals surface area contributed by atoms with E-state index in [2.05, 4.69) is 148 Å². The zero-order valence-corrected chi connectivity index (χ0v) is 52.4. The van der Waals surface area contributed by atoms with Gasteiger partial charge in [0.2, 0.25) is 0 Å². The van der Waals surface area contributed by atoms with Gasteiger partial charge in [-0.1, -0.05) is 257 Å². The van der Waals surface area contributed by atoms with Crippen molar-refractivity contribution < 1.29 is 42.9 Å². The average Bonchev–Trinajstić information content (AvgIpc) is 3.44. The predicted molar refractivity (Wildman–Crippen MR) is 343 cm³/mol. The minimum atomic E-state index is -1.63. The lowest BCUT2D eigenvalue weighted by Gasteiger charge is -2.26. The van der Waals surface area contributed by atoms with Gasteiger partial charge in [-0.25, -0.2) is 0 Å². The van der Waals surface area contributed by atoms with E-state index in [0.29, 0.717) is 17.4 Å². The van der Waals surface area contributed by atoms with E-state index in [1.807, 2.05) is 21.1 Å². The standard InChI is InChI=1S/C72H119NO8/c1-6-8-10-12-14-16-18-20-22-24-26-28-30-32-34-35-37-39-41-43-45-47-49-51-53-55-57-59-61-63-70(75)81-68(67-80-72(71(76)77)78-65-64-73(3,4)5)66-79-69(74)62-60-58-56-54-52-50-48-46-44-42-40-38-36-33-31-29-27-25-23-21-19-17-15-13-11-9-7-2/h8-11,14-17,20-23,26-29,32,34,37,39,43,45,68,72H,6-7,12-13,18-19,24-25,30-31,33,35-36,38,40-42,44,46-67H2,1-5H3/b10-8-,11-9-,16-14-,17-15-,22-20-,23-21-,28-26-,29-27-,34-32-,39-37-,45-43-. The van der Waals surface area contributed by atoms with Crippen molar-refractivity contribution in [2.24, 2.45) is 0 Å². The van der Waals surface area contributed by atoms with Crippen molar-refractivity contribution >= 4 is 17.9 Å². The molecule has 0 aromatic heterocycles. The molecule has 0 aliphatic heterocycles. The van der Waals surface area contributed by atoms with Crippen LogP contribution in [-0.4, -0.2) is 82.3 Å². The second-order valence-corrected chi connectivity index (χ2v) is 22.3. The lowest BCUT2D eigenvalue weighted by Crippen LogP contribution is -2.44. The van der Waals surface area contributed by atoms with Gasteiger partial charge in [-0.2, -0.15) is 0 Å². The number of carbonyl (C=O) groups is 3. The summed E-state index contributed by atoms with van der Waals surface area (Å²) >= 11 is 0. The third kappa shape index (κ3) is 62.9. The molecule has 0 heterocycles. The number of aliphatic carboxylic acids is 1. The second kappa shape index (κ2) is 61.5. The van der Waals surface area contributed by atoms with E-state index in [4.69, 9.17) is 18.9 Å². The molecular formula is C72H119NO8. The highest BCUT2D eigenvalue weighted by Gasteiger charge is 2.22. The zero-order chi connectivity index (χ0) is 59.1. The number of hydrogen-bond donors (Lipinski definition) is 0. The monoisotopic (exact) mass is 1130 g/mol. The fourth-order valence-electron chi connectivity index (χ4n) is 8.51.